The Balaban J connectivity index is 1.75. The largest absolute Gasteiger partial charge is 0.483 e. The van der Waals surface area contributed by atoms with Gasteiger partial charge in [0, 0.05) is 20.7 Å². The summed E-state index contributed by atoms with van der Waals surface area (Å²) in [5.74, 6) is -1.32. The van der Waals surface area contributed by atoms with Crippen molar-refractivity contribution in [2.24, 2.45) is 0 Å². The molecule has 0 aromatic heterocycles. The van der Waals surface area contributed by atoms with Gasteiger partial charge in [-0.1, -0.05) is 33.6 Å². The lowest BCUT2D eigenvalue weighted by atomic mass is 10.1. The summed E-state index contributed by atoms with van der Waals surface area (Å²) >= 11 is 14.2. The van der Waals surface area contributed by atoms with Gasteiger partial charge in [-0.05, 0) is 61.1 Å². The van der Waals surface area contributed by atoms with Gasteiger partial charge in [-0.2, -0.15) is 0 Å². The molecule has 2 aromatic carbocycles. The standard InChI is InChI=1S/C20H15BrClN3O4S/c1-10-2-4-13(8-15(10)22)23-17(26)9-29-16-5-3-12(21)6-11(16)7-14-18(27)24-20(30)25-19(14)28/h2-8H,9H2,1H3,(H,23,26)(H2,24,25,27,28,30). The van der Waals surface area contributed by atoms with Gasteiger partial charge in [-0.15, -0.1) is 0 Å². The van der Waals surface area contributed by atoms with Crippen molar-refractivity contribution >= 4 is 74.3 Å². The molecule has 154 valence electrons. The number of nitrogens with one attached hydrogen (secondary N) is 3. The van der Waals surface area contributed by atoms with E-state index in [4.69, 9.17) is 28.6 Å². The molecule has 1 aliphatic heterocycles. The third-order valence-electron chi connectivity index (χ3n) is 4.03. The molecule has 1 saturated heterocycles. The van der Waals surface area contributed by atoms with Crippen molar-refractivity contribution < 1.29 is 19.1 Å². The van der Waals surface area contributed by atoms with E-state index in [1.807, 2.05) is 6.92 Å². The highest BCUT2D eigenvalue weighted by Crippen LogP contribution is 2.26. The summed E-state index contributed by atoms with van der Waals surface area (Å²) in [7, 11) is 0. The predicted molar refractivity (Wildman–Crippen MR) is 121 cm³/mol. The second kappa shape index (κ2) is 9.38. The predicted octanol–water partition coefficient (Wildman–Crippen LogP) is 3.34. The van der Waals surface area contributed by atoms with Gasteiger partial charge in [-0.3, -0.25) is 25.0 Å². The Kier molecular flexibility index (Phi) is 6.86. The molecule has 30 heavy (non-hydrogen) atoms. The van der Waals surface area contributed by atoms with Crippen molar-refractivity contribution in [3.05, 3.63) is 62.6 Å². The van der Waals surface area contributed by atoms with Crippen molar-refractivity contribution in [2.45, 2.75) is 6.92 Å². The van der Waals surface area contributed by atoms with Crippen LogP contribution < -0.4 is 20.7 Å². The van der Waals surface area contributed by atoms with E-state index in [2.05, 4.69) is 31.9 Å². The summed E-state index contributed by atoms with van der Waals surface area (Å²) in [6.45, 7) is 1.58. The van der Waals surface area contributed by atoms with Gasteiger partial charge in [0.2, 0.25) is 0 Å². The van der Waals surface area contributed by atoms with Gasteiger partial charge in [0.25, 0.3) is 17.7 Å². The lowest BCUT2D eigenvalue weighted by Crippen LogP contribution is -2.51. The van der Waals surface area contributed by atoms with Crippen LogP contribution in [0.1, 0.15) is 11.1 Å². The van der Waals surface area contributed by atoms with E-state index in [1.54, 1.807) is 36.4 Å². The molecule has 0 unspecified atom stereocenters. The van der Waals surface area contributed by atoms with Crippen molar-refractivity contribution in [1.29, 1.82) is 0 Å². The molecular formula is C20H15BrClN3O4S. The van der Waals surface area contributed by atoms with Gasteiger partial charge in [0.1, 0.15) is 11.3 Å². The zero-order valence-electron chi connectivity index (χ0n) is 15.5. The first-order valence-corrected chi connectivity index (χ1v) is 10.2. The fraction of sp³-hybridized carbons (Fsp3) is 0.100. The summed E-state index contributed by atoms with van der Waals surface area (Å²) in [4.78, 5) is 36.4. The van der Waals surface area contributed by atoms with Crippen molar-refractivity contribution in [2.75, 3.05) is 11.9 Å². The normalized spacial score (nSPS) is 13.4. The summed E-state index contributed by atoms with van der Waals surface area (Å²) in [6.07, 6.45) is 1.37. The highest BCUT2D eigenvalue weighted by Gasteiger charge is 2.26. The zero-order valence-corrected chi connectivity index (χ0v) is 18.7. The van der Waals surface area contributed by atoms with Crippen LogP contribution in [0.15, 0.2) is 46.4 Å². The first-order chi connectivity index (χ1) is 14.2. The Labute approximate surface area is 190 Å². The molecule has 0 atom stereocenters. The molecule has 2 aromatic rings. The second-order valence-corrected chi connectivity index (χ2v) is 8.01. The number of halogens is 2. The van der Waals surface area contributed by atoms with Crippen LogP contribution in [-0.4, -0.2) is 29.4 Å². The van der Waals surface area contributed by atoms with Crippen LogP contribution >= 0.6 is 39.7 Å². The molecule has 3 N–H and O–H groups in total. The molecule has 3 rings (SSSR count). The summed E-state index contributed by atoms with van der Waals surface area (Å²) in [6, 6.07) is 10.2. The summed E-state index contributed by atoms with van der Waals surface area (Å²) in [5, 5.41) is 7.91. The number of carbonyl (C=O) groups is 3. The summed E-state index contributed by atoms with van der Waals surface area (Å²) in [5.41, 5.74) is 1.74. The van der Waals surface area contributed by atoms with E-state index in [9.17, 15) is 14.4 Å². The molecule has 0 spiro atoms. The highest BCUT2D eigenvalue weighted by atomic mass is 79.9. The molecule has 7 nitrogen and oxygen atoms in total. The Bertz CT molecular complexity index is 1080. The molecule has 1 aliphatic rings. The smallest absolute Gasteiger partial charge is 0.263 e. The molecule has 0 aliphatic carbocycles. The average Bonchev–Trinajstić information content (AvgIpc) is 2.67. The number of carbonyl (C=O) groups excluding carboxylic acids is 3. The Hall–Kier alpha value is -2.75. The maximum atomic E-state index is 12.2. The molecule has 10 heteroatoms. The van der Waals surface area contributed by atoms with Gasteiger partial charge in [0.15, 0.2) is 11.7 Å². The maximum absolute atomic E-state index is 12.2. The van der Waals surface area contributed by atoms with Crippen LogP contribution in [0.25, 0.3) is 6.08 Å². The molecule has 0 radical (unpaired) electrons. The van der Waals surface area contributed by atoms with E-state index >= 15 is 0 Å². The zero-order chi connectivity index (χ0) is 21.8. The summed E-state index contributed by atoms with van der Waals surface area (Å²) < 4.78 is 6.32. The van der Waals surface area contributed by atoms with Crippen LogP contribution in [0.3, 0.4) is 0 Å². The Morgan fingerprint density at radius 3 is 2.57 bits per heavy atom. The number of hydrogen-bond donors (Lipinski definition) is 3. The first kappa shape index (κ1) is 21.9. The number of thiocarbonyl (C=S) groups is 1. The van der Waals surface area contributed by atoms with Crippen molar-refractivity contribution in [3.63, 3.8) is 0 Å². The van der Waals surface area contributed by atoms with Gasteiger partial charge in [0.05, 0.1) is 0 Å². The third-order valence-corrected chi connectivity index (χ3v) is 5.13. The van der Waals surface area contributed by atoms with Crippen LogP contribution in [0.2, 0.25) is 5.02 Å². The minimum atomic E-state index is -0.622. The van der Waals surface area contributed by atoms with Crippen LogP contribution in [0.4, 0.5) is 5.69 Å². The molecule has 1 fully saturated rings. The number of benzene rings is 2. The van der Waals surface area contributed by atoms with Crippen LogP contribution in [-0.2, 0) is 14.4 Å². The van der Waals surface area contributed by atoms with Gasteiger partial charge < -0.3 is 10.1 Å². The molecular weight excluding hydrogens is 494 g/mol. The number of hydrogen-bond acceptors (Lipinski definition) is 5. The van der Waals surface area contributed by atoms with Gasteiger partial charge >= 0.3 is 0 Å². The second-order valence-electron chi connectivity index (χ2n) is 6.28. The SMILES string of the molecule is Cc1ccc(NC(=O)COc2ccc(Br)cc2C=C2C(=O)NC(=S)NC2=O)cc1Cl. The van der Waals surface area contributed by atoms with E-state index in [1.165, 1.54) is 6.08 Å². The maximum Gasteiger partial charge on any atom is 0.263 e. The quantitative estimate of drug-likeness (QED) is 0.327. The minimum absolute atomic E-state index is 0.0549. The molecule has 3 amide bonds. The Morgan fingerprint density at radius 1 is 1.20 bits per heavy atom. The number of ether oxygens (including phenoxy) is 1. The molecule has 0 saturated carbocycles. The lowest BCUT2D eigenvalue weighted by Gasteiger charge is -2.17. The molecule has 1 heterocycles. The van der Waals surface area contributed by atoms with Crippen molar-refractivity contribution in [1.82, 2.24) is 10.6 Å². The van der Waals surface area contributed by atoms with E-state index in [0.717, 1.165) is 5.56 Å². The third kappa shape index (κ3) is 5.44. The van der Waals surface area contributed by atoms with E-state index < -0.39 is 17.7 Å². The topological polar surface area (TPSA) is 96.5 Å². The first-order valence-electron chi connectivity index (χ1n) is 8.59. The Morgan fingerprint density at radius 2 is 1.90 bits per heavy atom. The number of anilines is 1. The van der Waals surface area contributed by atoms with Crippen molar-refractivity contribution in [3.8, 4) is 5.75 Å². The average molecular weight is 509 g/mol. The number of amides is 3. The minimum Gasteiger partial charge on any atom is -0.483 e. The van der Waals surface area contributed by atoms with Gasteiger partial charge in [-0.25, -0.2) is 0 Å². The molecule has 0 bridgehead atoms. The van der Waals surface area contributed by atoms with E-state index in [0.29, 0.717) is 26.5 Å². The highest BCUT2D eigenvalue weighted by molar-refractivity contribution is 9.10. The lowest BCUT2D eigenvalue weighted by molar-refractivity contribution is -0.123. The fourth-order valence-electron chi connectivity index (χ4n) is 2.54. The monoisotopic (exact) mass is 507 g/mol. The van der Waals surface area contributed by atoms with Crippen LogP contribution in [0, 0.1) is 6.92 Å². The van der Waals surface area contributed by atoms with E-state index in [-0.39, 0.29) is 17.3 Å². The van der Waals surface area contributed by atoms with Crippen LogP contribution in [0.5, 0.6) is 5.75 Å². The number of rotatable bonds is 5. The fourth-order valence-corrected chi connectivity index (χ4v) is 3.28. The number of aryl methyl sites for hydroxylation is 1.